The molecule has 0 aromatic heterocycles. The van der Waals surface area contributed by atoms with Gasteiger partial charge in [0.25, 0.3) is 0 Å². The van der Waals surface area contributed by atoms with Crippen LogP contribution in [0.3, 0.4) is 0 Å². The van der Waals surface area contributed by atoms with Gasteiger partial charge in [-0.05, 0) is 38.5 Å². The standard InChI is InChI=1S/C21H26N2O2S/c1-16(2)23(13-18-7-5-4-6-8-18)21(25)15-26-14-20(24)22-19-11-9-17(3)10-12-19/h4-12,16H,13-15H2,1-3H3,(H,22,24). The van der Waals surface area contributed by atoms with E-state index in [2.05, 4.69) is 5.32 Å². The average molecular weight is 371 g/mol. The Hall–Kier alpha value is -2.27. The molecule has 0 aliphatic rings. The first-order valence-electron chi connectivity index (χ1n) is 8.73. The maximum atomic E-state index is 12.5. The van der Waals surface area contributed by atoms with Gasteiger partial charge in [-0.1, -0.05) is 48.0 Å². The van der Waals surface area contributed by atoms with Crippen molar-refractivity contribution in [1.82, 2.24) is 4.90 Å². The third-order valence-corrected chi connectivity index (χ3v) is 4.85. The SMILES string of the molecule is Cc1ccc(NC(=O)CSCC(=O)N(Cc2ccccc2)C(C)C)cc1. The normalized spacial score (nSPS) is 10.6. The lowest BCUT2D eigenvalue weighted by Crippen LogP contribution is -2.37. The van der Waals surface area contributed by atoms with E-state index >= 15 is 0 Å². The first-order valence-corrected chi connectivity index (χ1v) is 9.89. The first kappa shape index (κ1) is 20.0. The maximum absolute atomic E-state index is 12.5. The highest BCUT2D eigenvalue weighted by Gasteiger charge is 2.17. The molecule has 5 heteroatoms. The number of thioether (sulfide) groups is 1. The summed E-state index contributed by atoms with van der Waals surface area (Å²) in [6, 6.07) is 17.7. The molecule has 2 rings (SSSR count). The number of hydrogen-bond donors (Lipinski definition) is 1. The summed E-state index contributed by atoms with van der Waals surface area (Å²) in [5, 5.41) is 2.85. The summed E-state index contributed by atoms with van der Waals surface area (Å²) in [6.07, 6.45) is 0. The minimum Gasteiger partial charge on any atom is -0.335 e. The minimum atomic E-state index is -0.0918. The van der Waals surface area contributed by atoms with Crippen LogP contribution in [0.5, 0.6) is 0 Å². The maximum Gasteiger partial charge on any atom is 0.234 e. The molecular weight excluding hydrogens is 344 g/mol. The zero-order valence-electron chi connectivity index (χ0n) is 15.6. The molecule has 1 N–H and O–H groups in total. The second-order valence-corrected chi connectivity index (χ2v) is 7.49. The van der Waals surface area contributed by atoms with Gasteiger partial charge in [0.15, 0.2) is 0 Å². The predicted molar refractivity (Wildman–Crippen MR) is 109 cm³/mol. The molecule has 0 aliphatic heterocycles. The minimum absolute atomic E-state index is 0.0528. The first-order chi connectivity index (χ1) is 12.5. The Labute approximate surface area is 160 Å². The van der Waals surface area contributed by atoms with E-state index in [9.17, 15) is 9.59 Å². The highest BCUT2D eigenvalue weighted by atomic mass is 32.2. The van der Waals surface area contributed by atoms with Crippen LogP contribution in [0.4, 0.5) is 5.69 Å². The van der Waals surface area contributed by atoms with E-state index in [1.807, 2.05) is 80.3 Å². The largest absolute Gasteiger partial charge is 0.335 e. The summed E-state index contributed by atoms with van der Waals surface area (Å²) in [5.74, 6) is 0.520. The van der Waals surface area contributed by atoms with Crippen LogP contribution in [0.1, 0.15) is 25.0 Å². The number of nitrogens with one attached hydrogen (secondary N) is 1. The Kier molecular flexibility index (Phi) is 7.73. The Morgan fingerprint density at radius 1 is 1.00 bits per heavy atom. The molecule has 0 heterocycles. The van der Waals surface area contributed by atoms with E-state index in [-0.39, 0.29) is 23.6 Å². The van der Waals surface area contributed by atoms with Crippen molar-refractivity contribution in [2.45, 2.75) is 33.4 Å². The molecule has 0 saturated heterocycles. The number of hydrogen-bond acceptors (Lipinski definition) is 3. The Balaban J connectivity index is 1.80. The molecule has 0 saturated carbocycles. The van der Waals surface area contributed by atoms with Crippen molar-refractivity contribution in [3.63, 3.8) is 0 Å². The fourth-order valence-corrected chi connectivity index (χ4v) is 3.19. The number of amides is 2. The van der Waals surface area contributed by atoms with Crippen molar-refractivity contribution in [2.24, 2.45) is 0 Å². The van der Waals surface area contributed by atoms with Gasteiger partial charge in [-0.15, -0.1) is 11.8 Å². The van der Waals surface area contributed by atoms with Gasteiger partial charge < -0.3 is 10.2 Å². The van der Waals surface area contributed by atoms with Crippen LogP contribution in [-0.2, 0) is 16.1 Å². The Bertz CT molecular complexity index is 715. The van der Waals surface area contributed by atoms with Gasteiger partial charge in [-0.2, -0.15) is 0 Å². The molecule has 0 aliphatic carbocycles. The third kappa shape index (κ3) is 6.56. The number of benzene rings is 2. The van der Waals surface area contributed by atoms with Gasteiger partial charge in [-0.25, -0.2) is 0 Å². The molecule has 0 bridgehead atoms. The molecule has 0 atom stereocenters. The molecule has 2 aromatic rings. The molecule has 0 radical (unpaired) electrons. The summed E-state index contributed by atoms with van der Waals surface area (Å²) >= 11 is 1.34. The quantitative estimate of drug-likeness (QED) is 0.761. The van der Waals surface area contributed by atoms with Gasteiger partial charge in [0, 0.05) is 18.3 Å². The molecule has 4 nitrogen and oxygen atoms in total. The number of aryl methyl sites for hydroxylation is 1. The number of nitrogens with zero attached hydrogens (tertiary/aromatic N) is 1. The van der Waals surface area contributed by atoms with Gasteiger partial charge in [-0.3, -0.25) is 9.59 Å². The predicted octanol–water partition coefficient (Wildman–Crippen LogP) is 4.10. The summed E-state index contributed by atoms with van der Waals surface area (Å²) < 4.78 is 0. The highest BCUT2D eigenvalue weighted by Crippen LogP contribution is 2.13. The second kappa shape index (κ2) is 10.0. The number of carbonyl (C=O) groups excluding carboxylic acids is 2. The van der Waals surface area contributed by atoms with Crippen LogP contribution in [0.25, 0.3) is 0 Å². The summed E-state index contributed by atoms with van der Waals surface area (Å²) in [6.45, 7) is 6.61. The zero-order chi connectivity index (χ0) is 18.9. The zero-order valence-corrected chi connectivity index (χ0v) is 16.4. The summed E-state index contributed by atoms with van der Waals surface area (Å²) in [7, 11) is 0. The average Bonchev–Trinajstić information content (AvgIpc) is 2.62. The fraction of sp³-hybridized carbons (Fsp3) is 0.333. The molecule has 2 aromatic carbocycles. The van der Waals surface area contributed by atoms with Crippen molar-refractivity contribution in [1.29, 1.82) is 0 Å². The van der Waals surface area contributed by atoms with Crippen LogP contribution in [0.2, 0.25) is 0 Å². The van der Waals surface area contributed by atoms with Crippen LogP contribution in [0, 0.1) is 6.92 Å². The fourth-order valence-electron chi connectivity index (χ4n) is 2.49. The highest BCUT2D eigenvalue weighted by molar-refractivity contribution is 8.00. The van der Waals surface area contributed by atoms with Gasteiger partial charge >= 0.3 is 0 Å². The van der Waals surface area contributed by atoms with Crippen molar-refractivity contribution in [3.8, 4) is 0 Å². The van der Waals surface area contributed by atoms with Crippen molar-refractivity contribution in [3.05, 3.63) is 65.7 Å². The Morgan fingerprint density at radius 2 is 1.65 bits per heavy atom. The van der Waals surface area contributed by atoms with Crippen LogP contribution >= 0.6 is 11.8 Å². The molecule has 2 amide bonds. The summed E-state index contributed by atoms with van der Waals surface area (Å²) in [4.78, 5) is 26.4. The second-order valence-electron chi connectivity index (χ2n) is 6.51. The van der Waals surface area contributed by atoms with E-state index in [0.29, 0.717) is 12.3 Å². The molecule has 138 valence electrons. The number of carbonyl (C=O) groups is 2. The number of anilines is 1. The summed E-state index contributed by atoms with van der Waals surface area (Å²) in [5.41, 5.74) is 3.03. The molecule has 0 unspecified atom stereocenters. The Morgan fingerprint density at radius 3 is 2.27 bits per heavy atom. The lowest BCUT2D eigenvalue weighted by molar-refractivity contribution is -0.130. The van der Waals surface area contributed by atoms with Crippen molar-refractivity contribution in [2.75, 3.05) is 16.8 Å². The lowest BCUT2D eigenvalue weighted by Gasteiger charge is -2.27. The molecule has 0 fully saturated rings. The van der Waals surface area contributed by atoms with Gasteiger partial charge in [0.05, 0.1) is 11.5 Å². The van der Waals surface area contributed by atoms with Gasteiger partial charge in [0.1, 0.15) is 0 Å². The van der Waals surface area contributed by atoms with E-state index in [0.717, 1.165) is 16.8 Å². The van der Waals surface area contributed by atoms with Crippen LogP contribution < -0.4 is 5.32 Å². The molecule has 0 spiro atoms. The lowest BCUT2D eigenvalue weighted by atomic mass is 10.2. The van der Waals surface area contributed by atoms with E-state index in [4.69, 9.17) is 0 Å². The van der Waals surface area contributed by atoms with E-state index in [1.54, 1.807) is 0 Å². The van der Waals surface area contributed by atoms with E-state index in [1.165, 1.54) is 11.8 Å². The van der Waals surface area contributed by atoms with Crippen molar-refractivity contribution >= 4 is 29.3 Å². The van der Waals surface area contributed by atoms with E-state index < -0.39 is 0 Å². The van der Waals surface area contributed by atoms with Crippen molar-refractivity contribution < 1.29 is 9.59 Å². The monoisotopic (exact) mass is 370 g/mol. The van der Waals surface area contributed by atoms with Crippen LogP contribution in [-0.4, -0.2) is 34.3 Å². The van der Waals surface area contributed by atoms with Crippen LogP contribution in [0.15, 0.2) is 54.6 Å². The number of rotatable bonds is 8. The molecular formula is C21H26N2O2S. The molecule has 26 heavy (non-hydrogen) atoms. The smallest absolute Gasteiger partial charge is 0.234 e. The van der Waals surface area contributed by atoms with Gasteiger partial charge in [0.2, 0.25) is 11.8 Å². The third-order valence-electron chi connectivity index (χ3n) is 3.93. The topological polar surface area (TPSA) is 49.4 Å².